The highest BCUT2D eigenvalue weighted by Crippen LogP contribution is 2.36. The van der Waals surface area contributed by atoms with E-state index in [9.17, 15) is 13.2 Å². The number of alkyl halides is 3. The molecule has 1 heterocycles. The van der Waals surface area contributed by atoms with Crippen molar-refractivity contribution in [2.75, 3.05) is 10.6 Å². The summed E-state index contributed by atoms with van der Waals surface area (Å²) in [6.07, 6.45) is -4.50. The minimum atomic E-state index is -4.50. The van der Waals surface area contributed by atoms with Crippen LogP contribution in [0.25, 0.3) is 0 Å². The minimum Gasteiger partial charge on any atom is -0.356 e. The van der Waals surface area contributed by atoms with E-state index in [1.165, 1.54) is 23.5 Å². The number of hydrogen-bond acceptors (Lipinski definition) is 5. The molecule has 124 valence electrons. The number of anilines is 4. The van der Waals surface area contributed by atoms with E-state index in [-0.39, 0.29) is 5.02 Å². The predicted molar refractivity (Wildman–Crippen MR) is 89.4 cm³/mol. The topological polar surface area (TPSA) is 49.8 Å². The molecule has 0 amide bonds. The van der Waals surface area contributed by atoms with Gasteiger partial charge in [0.15, 0.2) is 0 Å². The lowest BCUT2D eigenvalue weighted by molar-refractivity contribution is -0.137. The fourth-order valence-corrected chi connectivity index (χ4v) is 2.66. The van der Waals surface area contributed by atoms with Gasteiger partial charge in [0.2, 0.25) is 5.13 Å². The van der Waals surface area contributed by atoms with Crippen LogP contribution in [0.15, 0.2) is 48.0 Å². The van der Waals surface area contributed by atoms with Crippen LogP contribution >= 0.6 is 22.9 Å². The summed E-state index contributed by atoms with van der Waals surface area (Å²) in [5.74, 6) is 0. The third kappa shape index (κ3) is 3.95. The Kier molecular flexibility index (Phi) is 4.59. The largest absolute Gasteiger partial charge is 0.417 e. The van der Waals surface area contributed by atoms with Gasteiger partial charge in [-0.1, -0.05) is 22.9 Å². The molecule has 24 heavy (non-hydrogen) atoms. The maximum atomic E-state index is 12.9. The van der Waals surface area contributed by atoms with Gasteiger partial charge in [-0.2, -0.15) is 13.2 Å². The lowest BCUT2D eigenvalue weighted by Gasteiger charge is -2.12. The summed E-state index contributed by atoms with van der Waals surface area (Å²) in [6.45, 7) is 0. The summed E-state index contributed by atoms with van der Waals surface area (Å²) >= 11 is 6.97. The van der Waals surface area contributed by atoms with Crippen molar-refractivity contribution in [2.45, 2.75) is 6.18 Å². The van der Waals surface area contributed by atoms with E-state index < -0.39 is 11.7 Å². The van der Waals surface area contributed by atoms with E-state index in [1.807, 2.05) is 0 Å². The highest BCUT2D eigenvalue weighted by atomic mass is 35.5. The number of aromatic nitrogens is 2. The van der Waals surface area contributed by atoms with Crippen molar-refractivity contribution in [2.24, 2.45) is 0 Å². The average molecular weight is 371 g/mol. The molecule has 9 heteroatoms. The normalized spacial score (nSPS) is 11.3. The molecule has 3 aromatic rings. The third-order valence-corrected chi connectivity index (χ3v) is 3.99. The van der Waals surface area contributed by atoms with Crippen LogP contribution in [0.4, 0.5) is 35.4 Å². The van der Waals surface area contributed by atoms with Gasteiger partial charge in [-0.15, -0.1) is 10.2 Å². The lowest BCUT2D eigenvalue weighted by Crippen LogP contribution is -2.06. The van der Waals surface area contributed by atoms with Gasteiger partial charge in [0.05, 0.1) is 10.6 Å². The average Bonchev–Trinajstić information content (AvgIpc) is 3.03. The standard InChI is InChI=1S/C15H10ClF3N4S/c16-13-6-5-11(7-12(13)15(17,18)19)21-9-1-3-10(4-2-9)22-14-23-20-8-24-14/h1-8,21H,(H,22,23). The summed E-state index contributed by atoms with van der Waals surface area (Å²) < 4.78 is 38.6. The van der Waals surface area contributed by atoms with Gasteiger partial charge in [0.25, 0.3) is 0 Å². The van der Waals surface area contributed by atoms with Gasteiger partial charge < -0.3 is 10.6 Å². The van der Waals surface area contributed by atoms with E-state index in [0.717, 1.165) is 11.8 Å². The van der Waals surface area contributed by atoms with Crippen LogP contribution in [-0.4, -0.2) is 10.2 Å². The second kappa shape index (κ2) is 6.66. The van der Waals surface area contributed by atoms with Crippen molar-refractivity contribution in [3.05, 3.63) is 58.6 Å². The summed E-state index contributed by atoms with van der Waals surface area (Å²) in [5.41, 5.74) is 2.48. The highest BCUT2D eigenvalue weighted by molar-refractivity contribution is 7.13. The molecule has 0 bridgehead atoms. The molecule has 0 atom stereocenters. The Balaban J connectivity index is 1.74. The zero-order valence-corrected chi connectivity index (χ0v) is 13.5. The van der Waals surface area contributed by atoms with Crippen molar-refractivity contribution < 1.29 is 13.2 Å². The Labute approximate surface area is 144 Å². The Morgan fingerprint density at radius 2 is 1.54 bits per heavy atom. The Hall–Kier alpha value is -2.32. The zero-order valence-electron chi connectivity index (χ0n) is 11.9. The van der Waals surface area contributed by atoms with Crippen molar-refractivity contribution in [1.29, 1.82) is 0 Å². The van der Waals surface area contributed by atoms with E-state index in [1.54, 1.807) is 29.8 Å². The molecule has 1 aromatic heterocycles. The predicted octanol–water partition coefficient (Wildman–Crippen LogP) is 5.70. The van der Waals surface area contributed by atoms with Gasteiger partial charge in [-0.25, -0.2) is 0 Å². The van der Waals surface area contributed by atoms with Gasteiger partial charge in [0.1, 0.15) is 5.51 Å². The molecule has 2 N–H and O–H groups in total. The van der Waals surface area contributed by atoms with E-state index in [0.29, 0.717) is 16.5 Å². The number of benzene rings is 2. The molecule has 3 rings (SSSR count). The molecule has 0 radical (unpaired) electrons. The first-order chi connectivity index (χ1) is 11.4. The van der Waals surface area contributed by atoms with Crippen molar-refractivity contribution in [3.8, 4) is 0 Å². The van der Waals surface area contributed by atoms with E-state index in [4.69, 9.17) is 11.6 Å². The molecule has 0 fully saturated rings. The highest BCUT2D eigenvalue weighted by Gasteiger charge is 2.33. The minimum absolute atomic E-state index is 0.302. The number of halogens is 4. The smallest absolute Gasteiger partial charge is 0.356 e. The maximum Gasteiger partial charge on any atom is 0.417 e. The van der Waals surface area contributed by atoms with Crippen LogP contribution < -0.4 is 10.6 Å². The summed E-state index contributed by atoms with van der Waals surface area (Å²) in [7, 11) is 0. The van der Waals surface area contributed by atoms with Crippen LogP contribution in [0, 0.1) is 0 Å². The fraction of sp³-hybridized carbons (Fsp3) is 0.0667. The lowest BCUT2D eigenvalue weighted by atomic mass is 10.2. The first-order valence-corrected chi connectivity index (χ1v) is 7.94. The Morgan fingerprint density at radius 1 is 0.917 bits per heavy atom. The molecule has 0 saturated carbocycles. The van der Waals surface area contributed by atoms with Gasteiger partial charge in [0, 0.05) is 17.1 Å². The number of nitrogens with one attached hydrogen (secondary N) is 2. The molecule has 0 spiro atoms. The fourth-order valence-electron chi connectivity index (χ4n) is 1.97. The quantitative estimate of drug-likeness (QED) is 0.618. The maximum absolute atomic E-state index is 12.9. The molecular weight excluding hydrogens is 361 g/mol. The number of nitrogens with zero attached hydrogens (tertiary/aromatic N) is 2. The van der Waals surface area contributed by atoms with E-state index in [2.05, 4.69) is 20.8 Å². The first-order valence-electron chi connectivity index (χ1n) is 6.69. The molecule has 0 unspecified atom stereocenters. The van der Waals surface area contributed by atoms with Crippen molar-refractivity contribution in [1.82, 2.24) is 10.2 Å². The number of hydrogen-bond donors (Lipinski definition) is 2. The Bertz CT molecular complexity index is 820. The van der Waals surface area contributed by atoms with Crippen LogP contribution in [0.2, 0.25) is 5.02 Å². The second-order valence-electron chi connectivity index (χ2n) is 4.76. The summed E-state index contributed by atoms with van der Waals surface area (Å²) in [6, 6.07) is 10.7. The third-order valence-electron chi connectivity index (χ3n) is 3.06. The van der Waals surface area contributed by atoms with Crippen LogP contribution in [0.1, 0.15) is 5.56 Å². The molecule has 0 aliphatic rings. The molecule has 0 aliphatic heterocycles. The summed E-state index contributed by atoms with van der Waals surface area (Å²) in [4.78, 5) is 0. The van der Waals surface area contributed by atoms with E-state index >= 15 is 0 Å². The van der Waals surface area contributed by atoms with Crippen LogP contribution in [0.3, 0.4) is 0 Å². The monoisotopic (exact) mass is 370 g/mol. The first kappa shape index (κ1) is 16.5. The second-order valence-corrected chi connectivity index (χ2v) is 6.00. The van der Waals surface area contributed by atoms with Crippen LogP contribution in [-0.2, 0) is 6.18 Å². The van der Waals surface area contributed by atoms with Crippen molar-refractivity contribution >= 4 is 45.1 Å². The van der Waals surface area contributed by atoms with Crippen molar-refractivity contribution in [3.63, 3.8) is 0 Å². The van der Waals surface area contributed by atoms with Crippen LogP contribution in [0.5, 0.6) is 0 Å². The molecule has 0 saturated heterocycles. The molecule has 4 nitrogen and oxygen atoms in total. The molecule has 0 aliphatic carbocycles. The molecular formula is C15H10ClF3N4S. The van der Waals surface area contributed by atoms with Gasteiger partial charge >= 0.3 is 6.18 Å². The number of rotatable bonds is 4. The Morgan fingerprint density at radius 3 is 2.12 bits per heavy atom. The summed E-state index contributed by atoms with van der Waals surface area (Å²) in [5, 5.41) is 13.9. The van der Waals surface area contributed by atoms with Gasteiger partial charge in [-0.05, 0) is 42.5 Å². The molecule has 2 aromatic carbocycles. The van der Waals surface area contributed by atoms with Gasteiger partial charge in [-0.3, -0.25) is 0 Å². The zero-order chi connectivity index (χ0) is 17.2. The SMILES string of the molecule is FC(F)(F)c1cc(Nc2ccc(Nc3nncs3)cc2)ccc1Cl.